The van der Waals surface area contributed by atoms with Gasteiger partial charge in [0, 0.05) is 11.8 Å². The van der Waals surface area contributed by atoms with E-state index in [1.807, 2.05) is 0 Å². The molecule has 1 aromatic carbocycles. The fourth-order valence-electron chi connectivity index (χ4n) is 1.52. The molecule has 0 aliphatic heterocycles. The number of carbonyl (C=O) groups is 1. The van der Waals surface area contributed by atoms with Gasteiger partial charge in [-0.15, -0.1) is 0 Å². The molecule has 1 aromatic heterocycles. The Balaban J connectivity index is 2.18. The number of carbonyl (C=O) groups excluding carboxylic acids is 1. The number of aromatic nitrogens is 1. The second kappa shape index (κ2) is 5.96. The molecule has 21 heavy (non-hydrogen) atoms. The first-order valence-corrected chi connectivity index (χ1v) is 7.30. The van der Waals surface area contributed by atoms with Gasteiger partial charge >= 0.3 is 5.76 Å². The number of pyridine rings is 1. The van der Waals surface area contributed by atoms with Crippen LogP contribution in [0.5, 0.6) is 0 Å². The van der Waals surface area contributed by atoms with Crippen molar-refractivity contribution < 1.29 is 22.0 Å². The summed E-state index contributed by atoms with van der Waals surface area (Å²) < 4.78 is 47.2. The Bertz CT molecular complexity index is 732. The maximum Gasteiger partial charge on any atom is 0.341 e. The van der Waals surface area contributed by atoms with Crippen LogP contribution in [-0.4, -0.2) is 25.1 Å². The Hall–Kier alpha value is -2.35. The number of rotatable bonds is 4. The van der Waals surface area contributed by atoms with Gasteiger partial charge in [-0.1, -0.05) is 6.07 Å². The lowest BCUT2D eigenvalue weighted by Crippen LogP contribution is -2.14. The summed E-state index contributed by atoms with van der Waals surface area (Å²) in [5.41, 5.74) is 0.133. The molecule has 1 amide bonds. The van der Waals surface area contributed by atoms with Crippen molar-refractivity contribution in [3.05, 3.63) is 54.2 Å². The molecule has 2 rings (SSSR count). The van der Waals surface area contributed by atoms with Gasteiger partial charge in [0.1, 0.15) is 5.82 Å². The Morgan fingerprint density at radius 3 is 2.29 bits per heavy atom. The van der Waals surface area contributed by atoms with Crippen LogP contribution in [0.4, 0.5) is 14.6 Å². The lowest BCUT2D eigenvalue weighted by Gasteiger charge is -2.06. The number of halogens is 2. The van der Waals surface area contributed by atoms with Crippen LogP contribution < -0.4 is 5.32 Å². The quantitative estimate of drug-likeness (QED) is 0.940. The second-order valence-electron chi connectivity index (χ2n) is 4.00. The highest BCUT2D eigenvalue weighted by molar-refractivity contribution is 7.91. The molecule has 0 atom stereocenters. The molecule has 0 bridgehead atoms. The average Bonchev–Trinajstić information content (AvgIpc) is 2.48. The van der Waals surface area contributed by atoms with Crippen LogP contribution >= 0.6 is 0 Å². The van der Waals surface area contributed by atoms with Crippen molar-refractivity contribution in [1.82, 2.24) is 4.98 Å². The minimum atomic E-state index is -4.66. The number of nitrogens with zero attached hydrogens (tertiary/aromatic N) is 1. The molecule has 110 valence electrons. The molecule has 2 aromatic rings. The molecule has 8 heteroatoms. The van der Waals surface area contributed by atoms with E-state index < -0.39 is 26.4 Å². The minimum Gasteiger partial charge on any atom is -0.307 e. The molecule has 0 saturated carbocycles. The van der Waals surface area contributed by atoms with E-state index in [4.69, 9.17) is 0 Å². The van der Waals surface area contributed by atoms with Gasteiger partial charge in [0.15, 0.2) is 0 Å². The third-order valence-electron chi connectivity index (χ3n) is 2.59. The smallest absolute Gasteiger partial charge is 0.307 e. The first kappa shape index (κ1) is 15.0. The first-order chi connectivity index (χ1) is 9.91. The van der Waals surface area contributed by atoms with Gasteiger partial charge in [0.25, 0.3) is 5.91 Å². The highest BCUT2D eigenvalue weighted by atomic mass is 32.2. The van der Waals surface area contributed by atoms with Crippen molar-refractivity contribution in [3.8, 4) is 0 Å². The molecule has 0 aliphatic rings. The Labute approximate surface area is 119 Å². The van der Waals surface area contributed by atoms with Crippen molar-refractivity contribution in [2.45, 2.75) is 10.7 Å². The summed E-state index contributed by atoms with van der Waals surface area (Å²) in [6.45, 7) is 0. The van der Waals surface area contributed by atoms with Gasteiger partial charge < -0.3 is 5.32 Å². The van der Waals surface area contributed by atoms with E-state index in [2.05, 4.69) is 10.3 Å². The molecule has 0 radical (unpaired) electrons. The summed E-state index contributed by atoms with van der Waals surface area (Å²) >= 11 is 0. The fourth-order valence-corrected chi connectivity index (χ4v) is 2.25. The Kier molecular flexibility index (Phi) is 4.27. The van der Waals surface area contributed by atoms with Gasteiger partial charge in [-0.05, 0) is 36.4 Å². The summed E-state index contributed by atoms with van der Waals surface area (Å²) in [5.74, 6) is -3.69. The van der Waals surface area contributed by atoms with Crippen LogP contribution in [0, 0.1) is 0 Å². The van der Waals surface area contributed by atoms with Gasteiger partial charge in [0.2, 0.25) is 9.84 Å². The summed E-state index contributed by atoms with van der Waals surface area (Å²) in [4.78, 5) is 15.2. The predicted molar refractivity (Wildman–Crippen MR) is 71.8 cm³/mol. The monoisotopic (exact) mass is 312 g/mol. The Morgan fingerprint density at radius 1 is 1.10 bits per heavy atom. The molecule has 0 aliphatic carbocycles. The number of alkyl halides is 2. The topological polar surface area (TPSA) is 76.1 Å². The first-order valence-electron chi connectivity index (χ1n) is 5.76. The molecule has 0 fully saturated rings. The van der Waals surface area contributed by atoms with E-state index in [0.29, 0.717) is 5.82 Å². The van der Waals surface area contributed by atoms with Gasteiger partial charge in [-0.3, -0.25) is 4.79 Å². The number of anilines is 1. The van der Waals surface area contributed by atoms with Crippen molar-refractivity contribution >= 4 is 21.6 Å². The highest BCUT2D eigenvalue weighted by Gasteiger charge is 2.26. The Morgan fingerprint density at radius 2 is 1.76 bits per heavy atom. The van der Waals surface area contributed by atoms with E-state index in [1.54, 1.807) is 18.2 Å². The molecule has 1 N–H and O–H groups in total. The zero-order valence-corrected chi connectivity index (χ0v) is 11.3. The van der Waals surface area contributed by atoms with Crippen LogP contribution in [0.3, 0.4) is 0 Å². The standard InChI is InChI=1S/C13H10F2N2O3S/c14-13(15)21(19,20)10-6-4-9(5-7-10)12(18)17-11-3-1-2-8-16-11/h1-8,13H,(H,16,17,18). The largest absolute Gasteiger partial charge is 0.341 e. The minimum absolute atomic E-state index is 0.133. The fraction of sp³-hybridized carbons (Fsp3) is 0.0769. The zero-order chi connectivity index (χ0) is 15.5. The third-order valence-corrected chi connectivity index (χ3v) is 3.98. The number of hydrogen-bond donors (Lipinski definition) is 1. The van der Waals surface area contributed by atoms with Crippen molar-refractivity contribution in [2.75, 3.05) is 5.32 Å². The molecule has 5 nitrogen and oxygen atoms in total. The van der Waals surface area contributed by atoms with Crippen LogP contribution in [0.15, 0.2) is 53.6 Å². The molecular weight excluding hydrogens is 302 g/mol. The maximum atomic E-state index is 12.4. The zero-order valence-electron chi connectivity index (χ0n) is 10.5. The predicted octanol–water partition coefficient (Wildman–Crippen LogP) is 2.33. The molecule has 0 spiro atoms. The summed E-state index contributed by atoms with van der Waals surface area (Å²) in [7, 11) is -4.66. The van der Waals surface area contributed by atoms with Gasteiger partial charge in [-0.25, -0.2) is 13.4 Å². The molecule has 1 heterocycles. The van der Waals surface area contributed by atoms with Gasteiger partial charge in [0.05, 0.1) is 4.90 Å². The second-order valence-corrected chi connectivity index (χ2v) is 5.92. The normalized spacial score (nSPS) is 11.4. The number of sulfone groups is 1. The third kappa shape index (κ3) is 3.40. The maximum absolute atomic E-state index is 12.4. The number of hydrogen-bond acceptors (Lipinski definition) is 4. The summed E-state index contributed by atoms with van der Waals surface area (Å²) in [5, 5.41) is 2.49. The van der Waals surface area contributed by atoms with Crippen LogP contribution in [0.25, 0.3) is 0 Å². The molecular formula is C13H10F2N2O3S. The van der Waals surface area contributed by atoms with E-state index in [1.165, 1.54) is 6.20 Å². The van der Waals surface area contributed by atoms with E-state index in [-0.39, 0.29) is 5.56 Å². The summed E-state index contributed by atoms with van der Waals surface area (Å²) in [6.07, 6.45) is 1.49. The van der Waals surface area contributed by atoms with Crippen molar-refractivity contribution in [2.24, 2.45) is 0 Å². The van der Waals surface area contributed by atoms with Crippen LogP contribution in [-0.2, 0) is 9.84 Å². The van der Waals surface area contributed by atoms with Crippen LogP contribution in [0.1, 0.15) is 10.4 Å². The van der Waals surface area contributed by atoms with E-state index >= 15 is 0 Å². The number of nitrogens with one attached hydrogen (secondary N) is 1. The van der Waals surface area contributed by atoms with Crippen LogP contribution in [0.2, 0.25) is 0 Å². The lowest BCUT2D eigenvalue weighted by atomic mass is 10.2. The molecule has 0 unspecified atom stereocenters. The molecule has 0 saturated heterocycles. The van der Waals surface area contributed by atoms with E-state index in [0.717, 1.165) is 24.3 Å². The summed E-state index contributed by atoms with van der Waals surface area (Å²) in [6, 6.07) is 9.19. The lowest BCUT2D eigenvalue weighted by molar-refractivity contribution is 0.102. The SMILES string of the molecule is O=C(Nc1ccccn1)c1ccc(S(=O)(=O)C(F)F)cc1. The average molecular weight is 312 g/mol. The number of amides is 1. The van der Waals surface area contributed by atoms with Crippen molar-refractivity contribution in [1.29, 1.82) is 0 Å². The van der Waals surface area contributed by atoms with Crippen molar-refractivity contribution in [3.63, 3.8) is 0 Å². The van der Waals surface area contributed by atoms with E-state index in [9.17, 15) is 22.0 Å². The van der Waals surface area contributed by atoms with Gasteiger partial charge in [-0.2, -0.15) is 8.78 Å². The number of benzene rings is 1. The highest BCUT2D eigenvalue weighted by Crippen LogP contribution is 2.19.